The first kappa shape index (κ1) is 18.4. The van der Waals surface area contributed by atoms with Crippen LogP contribution < -0.4 is 5.32 Å². The molecule has 24 heavy (non-hydrogen) atoms. The van der Waals surface area contributed by atoms with E-state index < -0.39 is 48.8 Å². The zero-order chi connectivity index (χ0) is 17.9. The van der Waals surface area contributed by atoms with Crippen LogP contribution in [0.1, 0.15) is 17.7 Å². The van der Waals surface area contributed by atoms with Gasteiger partial charge < -0.3 is 30.5 Å². The van der Waals surface area contributed by atoms with Gasteiger partial charge >= 0.3 is 5.97 Å². The molecule has 132 valence electrons. The van der Waals surface area contributed by atoms with Gasteiger partial charge in [-0.05, 0) is 17.5 Å². The van der Waals surface area contributed by atoms with Crippen molar-refractivity contribution in [1.82, 2.24) is 5.32 Å². The Morgan fingerprint density at radius 1 is 1.42 bits per heavy atom. The van der Waals surface area contributed by atoms with E-state index in [0.29, 0.717) is 0 Å². The number of carboxylic acid groups (broad SMARTS) is 1. The molecule has 5 atom stereocenters. The van der Waals surface area contributed by atoms with Crippen LogP contribution in [0.5, 0.6) is 0 Å². The maximum absolute atomic E-state index is 11.6. The smallest absolute Gasteiger partial charge is 0.370 e. The molecule has 2 heterocycles. The molecule has 1 aliphatic heterocycles. The number of thiophene rings is 1. The number of hydrogen-bond acceptors (Lipinski definition) is 7. The van der Waals surface area contributed by atoms with E-state index in [-0.39, 0.29) is 5.76 Å². The number of aliphatic carboxylic acids is 1. The Bertz CT molecular complexity index is 615. The first-order valence-corrected chi connectivity index (χ1v) is 8.12. The fourth-order valence-corrected chi connectivity index (χ4v) is 3.45. The molecule has 0 radical (unpaired) electrons. The van der Waals surface area contributed by atoms with Crippen molar-refractivity contribution in [2.75, 3.05) is 6.61 Å². The molecule has 0 saturated carbocycles. The first-order chi connectivity index (χ1) is 11.3. The normalized spacial score (nSPS) is 26.0. The van der Waals surface area contributed by atoms with E-state index in [9.17, 15) is 24.9 Å². The molecular weight excluding hydrogens is 338 g/mol. The Hall–Kier alpha value is -1.94. The molecule has 9 heteroatoms. The molecule has 0 spiro atoms. The molecule has 2 rings (SSSR count). The predicted molar refractivity (Wildman–Crippen MR) is 84.4 cm³/mol. The van der Waals surface area contributed by atoms with Gasteiger partial charge in [0, 0.05) is 17.7 Å². The lowest BCUT2D eigenvalue weighted by molar-refractivity contribution is -0.146. The van der Waals surface area contributed by atoms with E-state index in [1.54, 1.807) is 17.5 Å². The molecule has 1 aromatic rings. The van der Waals surface area contributed by atoms with Gasteiger partial charge in [0.15, 0.2) is 0 Å². The Labute approximate surface area is 142 Å². The van der Waals surface area contributed by atoms with E-state index in [2.05, 4.69) is 5.32 Å². The zero-order valence-electron chi connectivity index (χ0n) is 12.8. The van der Waals surface area contributed by atoms with E-state index >= 15 is 0 Å². The van der Waals surface area contributed by atoms with Gasteiger partial charge in [0.1, 0.15) is 18.3 Å². The molecule has 1 aromatic heterocycles. The van der Waals surface area contributed by atoms with Gasteiger partial charge in [-0.25, -0.2) is 4.79 Å². The minimum Gasteiger partial charge on any atom is -0.478 e. The number of carbonyl (C=O) groups is 2. The van der Waals surface area contributed by atoms with Crippen LogP contribution in [0.25, 0.3) is 0 Å². The number of aliphatic hydroxyl groups excluding tert-OH is 3. The predicted octanol–water partition coefficient (Wildman–Crippen LogP) is -0.582. The summed E-state index contributed by atoms with van der Waals surface area (Å²) in [5.74, 6) is -2.66. The fourth-order valence-electron chi connectivity index (χ4n) is 2.61. The third-order valence-corrected chi connectivity index (χ3v) is 4.68. The summed E-state index contributed by atoms with van der Waals surface area (Å²) in [7, 11) is 0. The van der Waals surface area contributed by atoms with Crippen molar-refractivity contribution < 1.29 is 34.8 Å². The summed E-state index contributed by atoms with van der Waals surface area (Å²) in [5.41, 5.74) is 0. The molecule has 8 nitrogen and oxygen atoms in total. The van der Waals surface area contributed by atoms with E-state index in [1.807, 2.05) is 0 Å². The largest absolute Gasteiger partial charge is 0.478 e. The standard InChI is InChI=1S/C15H19NO7S/c1-7(18)16-12-8(11-3-2-4-24-11)5-10(15(21)22)23-14(12)13(20)9(19)6-17/h2-5,8-9,12-14,17,19-20H,6H2,1H3,(H,16,18)(H,21,22)/t8-,9+,12+,13+,14+/m0/s1. The molecule has 0 saturated heterocycles. The highest BCUT2D eigenvalue weighted by atomic mass is 32.1. The highest BCUT2D eigenvalue weighted by molar-refractivity contribution is 7.10. The Balaban J connectivity index is 2.45. The van der Waals surface area contributed by atoms with Gasteiger partial charge in [0.2, 0.25) is 11.7 Å². The van der Waals surface area contributed by atoms with Crippen LogP contribution in [-0.2, 0) is 14.3 Å². The summed E-state index contributed by atoms with van der Waals surface area (Å²) in [6.45, 7) is 0.553. The molecule has 0 aromatic carbocycles. The molecule has 0 bridgehead atoms. The van der Waals surface area contributed by atoms with Crippen molar-refractivity contribution >= 4 is 23.2 Å². The lowest BCUT2D eigenvalue weighted by atomic mass is 9.86. The van der Waals surface area contributed by atoms with Gasteiger partial charge in [-0.3, -0.25) is 4.79 Å². The number of aliphatic hydroxyl groups is 3. The molecular formula is C15H19NO7S. The van der Waals surface area contributed by atoms with Crippen molar-refractivity contribution in [2.24, 2.45) is 0 Å². The average molecular weight is 357 g/mol. The van der Waals surface area contributed by atoms with Crippen LogP contribution in [0.4, 0.5) is 0 Å². The topological polar surface area (TPSA) is 136 Å². The minimum absolute atomic E-state index is 0.385. The summed E-state index contributed by atoms with van der Waals surface area (Å²) in [5, 5.41) is 42.7. The van der Waals surface area contributed by atoms with Crippen molar-refractivity contribution in [2.45, 2.75) is 37.2 Å². The van der Waals surface area contributed by atoms with Crippen LogP contribution in [0, 0.1) is 0 Å². The summed E-state index contributed by atoms with van der Waals surface area (Å²) in [4.78, 5) is 23.7. The van der Waals surface area contributed by atoms with E-state index in [1.165, 1.54) is 24.3 Å². The van der Waals surface area contributed by atoms with Gasteiger partial charge in [-0.15, -0.1) is 11.3 Å². The fraction of sp³-hybridized carbons (Fsp3) is 0.467. The number of rotatable bonds is 6. The quantitative estimate of drug-likeness (QED) is 0.459. The van der Waals surface area contributed by atoms with Crippen LogP contribution >= 0.6 is 11.3 Å². The number of ether oxygens (including phenoxy) is 1. The first-order valence-electron chi connectivity index (χ1n) is 7.24. The summed E-state index contributed by atoms with van der Waals surface area (Å²) in [6.07, 6.45) is -3.00. The summed E-state index contributed by atoms with van der Waals surface area (Å²) < 4.78 is 5.30. The molecule has 0 unspecified atom stereocenters. The van der Waals surface area contributed by atoms with Crippen LogP contribution in [0.3, 0.4) is 0 Å². The third kappa shape index (κ3) is 3.93. The second kappa shape index (κ2) is 7.75. The highest BCUT2D eigenvalue weighted by Gasteiger charge is 2.44. The van der Waals surface area contributed by atoms with Gasteiger partial charge in [0.25, 0.3) is 0 Å². The number of hydrogen-bond donors (Lipinski definition) is 5. The average Bonchev–Trinajstić information content (AvgIpc) is 3.07. The second-order valence-corrected chi connectivity index (χ2v) is 6.41. The third-order valence-electron chi connectivity index (χ3n) is 3.71. The molecule has 1 amide bonds. The highest BCUT2D eigenvalue weighted by Crippen LogP contribution is 2.35. The van der Waals surface area contributed by atoms with Crippen LogP contribution in [0.15, 0.2) is 29.3 Å². The number of amides is 1. The van der Waals surface area contributed by atoms with Gasteiger partial charge in [-0.2, -0.15) is 0 Å². The number of nitrogens with one attached hydrogen (secondary N) is 1. The van der Waals surface area contributed by atoms with Crippen molar-refractivity contribution in [3.05, 3.63) is 34.2 Å². The summed E-state index contributed by atoms with van der Waals surface area (Å²) in [6, 6.07) is 2.75. The molecule has 5 N–H and O–H groups in total. The lowest BCUT2D eigenvalue weighted by Gasteiger charge is -2.39. The minimum atomic E-state index is -1.59. The summed E-state index contributed by atoms with van der Waals surface area (Å²) >= 11 is 1.36. The molecule has 0 aliphatic carbocycles. The van der Waals surface area contributed by atoms with Crippen LogP contribution in [0.2, 0.25) is 0 Å². The Morgan fingerprint density at radius 2 is 2.12 bits per heavy atom. The van der Waals surface area contributed by atoms with Crippen LogP contribution in [-0.4, -0.2) is 63.3 Å². The number of carbonyl (C=O) groups excluding carboxylic acids is 1. The van der Waals surface area contributed by atoms with Crippen molar-refractivity contribution in [3.63, 3.8) is 0 Å². The van der Waals surface area contributed by atoms with E-state index in [4.69, 9.17) is 9.84 Å². The lowest BCUT2D eigenvalue weighted by Crippen LogP contribution is -2.57. The van der Waals surface area contributed by atoms with Gasteiger partial charge in [0.05, 0.1) is 12.6 Å². The maximum Gasteiger partial charge on any atom is 0.370 e. The maximum atomic E-state index is 11.6. The SMILES string of the molecule is CC(=O)N[C@H]1[C@H]([C@H](O)[C@H](O)CO)OC(C(=O)O)=C[C@H]1c1cccs1. The Kier molecular flexibility index (Phi) is 5.94. The Morgan fingerprint density at radius 3 is 2.62 bits per heavy atom. The van der Waals surface area contributed by atoms with Crippen molar-refractivity contribution in [1.29, 1.82) is 0 Å². The second-order valence-electron chi connectivity index (χ2n) is 5.43. The monoisotopic (exact) mass is 357 g/mol. The number of carboxylic acids is 1. The molecule has 0 fully saturated rings. The van der Waals surface area contributed by atoms with Gasteiger partial charge in [-0.1, -0.05) is 6.07 Å². The van der Waals surface area contributed by atoms with Crippen molar-refractivity contribution in [3.8, 4) is 0 Å². The van der Waals surface area contributed by atoms with E-state index in [0.717, 1.165) is 4.88 Å². The molecule has 1 aliphatic rings. The zero-order valence-corrected chi connectivity index (χ0v) is 13.6.